The normalized spacial score (nSPS) is 12.6. The fourth-order valence-corrected chi connectivity index (χ4v) is 1.48. The highest BCUT2D eigenvalue weighted by molar-refractivity contribution is 5.86. The van der Waals surface area contributed by atoms with Crippen LogP contribution in [0, 0.1) is 0 Å². The number of fused-ring (bicyclic) bond motifs is 1. The summed E-state index contributed by atoms with van der Waals surface area (Å²) < 4.78 is 0. The number of hydrogen-bond donors (Lipinski definition) is 2. The second kappa shape index (κ2) is 3.67. The van der Waals surface area contributed by atoms with E-state index in [1.165, 1.54) is 0 Å². The van der Waals surface area contributed by atoms with Crippen molar-refractivity contribution in [3.8, 4) is 0 Å². The average molecular weight is 203 g/mol. The van der Waals surface area contributed by atoms with E-state index in [9.17, 15) is 9.90 Å². The Kier molecular flexibility index (Phi) is 2.35. The Labute approximate surface area is 85.8 Å². The van der Waals surface area contributed by atoms with Crippen molar-refractivity contribution < 1.29 is 15.0 Å². The smallest absolute Gasteiger partial charge is 0.337 e. The lowest BCUT2D eigenvalue weighted by Gasteiger charge is -2.08. The number of aromatic nitrogens is 1. The molecule has 0 radical (unpaired) electrons. The zero-order valence-electron chi connectivity index (χ0n) is 7.79. The monoisotopic (exact) mass is 203 g/mol. The van der Waals surface area contributed by atoms with Crippen molar-refractivity contribution in [1.29, 1.82) is 0 Å². The summed E-state index contributed by atoms with van der Waals surface area (Å²) in [5.74, 6) is -1.27. The number of aliphatic carboxylic acids is 1. The van der Waals surface area contributed by atoms with E-state index in [-0.39, 0.29) is 0 Å². The number of aliphatic hydroxyl groups is 1. The minimum absolute atomic E-state index is 0.320. The van der Waals surface area contributed by atoms with Crippen LogP contribution in [0.2, 0.25) is 0 Å². The molecule has 4 nitrogen and oxygen atoms in total. The Hall–Kier alpha value is -1.94. The van der Waals surface area contributed by atoms with Crippen LogP contribution in [0.5, 0.6) is 0 Å². The topological polar surface area (TPSA) is 70.4 Å². The fourth-order valence-electron chi connectivity index (χ4n) is 1.48. The SMILES string of the molecule is O=C(O)C(O)c1cccc2cccnc12. The molecule has 15 heavy (non-hydrogen) atoms. The third-order valence-corrected chi connectivity index (χ3v) is 2.19. The minimum Gasteiger partial charge on any atom is -0.479 e. The quantitative estimate of drug-likeness (QED) is 0.772. The van der Waals surface area contributed by atoms with Crippen molar-refractivity contribution in [2.24, 2.45) is 0 Å². The van der Waals surface area contributed by atoms with Crippen molar-refractivity contribution >= 4 is 16.9 Å². The van der Waals surface area contributed by atoms with Gasteiger partial charge in [-0.15, -0.1) is 0 Å². The van der Waals surface area contributed by atoms with Crippen LogP contribution >= 0.6 is 0 Å². The number of carbonyl (C=O) groups is 1. The van der Waals surface area contributed by atoms with Crippen molar-refractivity contribution in [2.45, 2.75) is 6.10 Å². The summed E-state index contributed by atoms with van der Waals surface area (Å²) in [6, 6.07) is 8.67. The van der Waals surface area contributed by atoms with Gasteiger partial charge in [0.25, 0.3) is 0 Å². The maximum Gasteiger partial charge on any atom is 0.337 e. The Morgan fingerprint density at radius 3 is 2.73 bits per heavy atom. The summed E-state index contributed by atoms with van der Waals surface area (Å²) in [7, 11) is 0. The molecule has 1 aromatic heterocycles. The van der Waals surface area contributed by atoms with E-state index in [4.69, 9.17) is 5.11 Å². The largest absolute Gasteiger partial charge is 0.479 e. The van der Waals surface area contributed by atoms with Gasteiger partial charge in [-0.05, 0) is 6.07 Å². The Morgan fingerprint density at radius 2 is 2.00 bits per heavy atom. The highest BCUT2D eigenvalue weighted by Gasteiger charge is 2.18. The summed E-state index contributed by atoms with van der Waals surface area (Å²) in [6.07, 6.45) is 0.0454. The van der Waals surface area contributed by atoms with Gasteiger partial charge in [-0.2, -0.15) is 0 Å². The first-order valence-corrected chi connectivity index (χ1v) is 4.44. The van der Waals surface area contributed by atoms with Gasteiger partial charge in [0.15, 0.2) is 6.10 Å². The summed E-state index contributed by atoms with van der Waals surface area (Å²) in [6.45, 7) is 0. The number of nitrogens with zero attached hydrogens (tertiary/aromatic N) is 1. The first kappa shape index (κ1) is 9.61. The molecule has 0 spiro atoms. The highest BCUT2D eigenvalue weighted by atomic mass is 16.4. The van der Waals surface area contributed by atoms with Crippen molar-refractivity contribution in [2.75, 3.05) is 0 Å². The molecule has 0 saturated heterocycles. The van der Waals surface area contributed by atoms with E-state index in [2.05, 4.69) is 4.98 Å². The standard InChI is InChI=1S/C11H9NO3/c13-10(11(14)15)8-5-1-3-7-4-2-6-12-9(7)8/h1-6,10,13H,(H,14,15). The van der Waals surface area contributed by atoms with Crippen LogP contribution in [-0.2, 0) is 4.79 Å². The summed E-state index contributed by atoms with van der Waals surface area (Å²) >= 11 is 0. The van der Waals surface area contributed by atoms with Crippen LogP contribution < -0.4 is 0 Å². The van der Waals surface area contributed by atoms with E-state index in [0.29, 0.717) is 11.1 Å². The number of pyridine rings is 1. The molecule has 0 fully saturated rings. The van der Waals surface area contributed by atoms with Crippen LogP contribution in [0.4, 0.5) is 0 Å². The second-order valence-electron chi connectivity index (χ2n) is 3.16. The van der Waals surface area contributed by atoms with Crippen LogP contribution in [0.15, 0.2) is 36.5 Å². The van der Waals surface area contributed by atoms with Gasteiger partial charge >= 0.3 is 5.97 Å². The second-order valence-corrected chi connectivity index (χ2v) is 3.16. The molecule has 76 valence electrons. The third-order valence-electron chi connectivity index (χ3n) is 2.19. The van der Waals surface area contributed by atoms with Gasteiger partial charge < -0.3 is 10.2 Å². The molecule has 1 atom stereocenters. The number of rotatable bonds is 2. The molecule has 1 aromatic carbocycles. The van der Waals surface area contributed by atoms with Crippen LogP contribution in [0.1, 0.15) is 11.7 Å². The number of benzene rings is 1. The maximum atomic E-state index is 10.7. The van der Waals surface area contributed by atoms with E-state index in [0.717, 1.165) is 5.39 Å². The van der Waals surface area contributed by atoms with Gasteiger partial charge in [-0.25, -0.2) is 4.79 Å². The molecule has 1 unspecified atom stereocenters. The molecule has 2 rings (SSSR count). The van der Waals surface area contributed by atoms with Gasteiger partial charge in [-0.3, -0.25) is 4.98 Å². The number of aliphatic hydroxyl groups excluding tert-OH is 1. The van der Waals surface area contributed by atoms with Crippen molar-refractivity contribution in [3.05, 3.63) is 42.1 Å². The zero-order chi connectivity index (χ0) is 10.8. The summed E-state index contributed by atoms with van der Waals surface area (Å²) in [4.78, 5) is 14.7. The Balaban J connectivity index is 2.65. The Bertz CT molecular complexity index is 505. The molecule has 0 aliphatic heterocycles. The number of hydrogen-bond acceptors (Lipinski definition) is 3. The predicted molar refractivity (Wildman–Crippen MR) is 54.3 cm³/mol. The van der Waals surface area contributed by atoms with Gasteiger partial charge in [0.1, 0.15) is 0 Å². The number of para-hydroxylation sites is 1. The predicted octanol–water partition coefficient (Wildman–Crippen LogP) is 1.35. The number of carboxylic acids is 1. The third kappa shape index (κ3) is 1.67. The molecule has 0 saturated carbocycles. The lowest BCUT2D eigenvalue weighted by molar-refractivity contribution is -0.146. The zero-order valence-corrected chi connectivity index (χ0v) is 7.79. The average Bonchev–Trinajstić information content (AvgIpc) is 2.27. The van der Waals surface area contributed by atoms with Crippen LogP contribution in [0.25, 0.3) is 10.9 Å². The molecule has 2 N–H and O–H groups in total. The molecule has 0 bridgehead atoms. The summed E-state index contributed by atoms with van der Waals surface area (Å²) in [5.41, 5.74) is 0.843. The van der Waals surface area contributed by atoms with Crippen LogP contribution in [-0.4, -0.2) is 21.2 Å². The molecule has 4 heteroatoms. The van der Waals surface area contributed by atoms with E-state index < -0.39 is 12.1 Å². The molecule has 1 heterocycles. The highest BCUT2D eigenvalue weighted by Crippen LogP contribution is 2.22. The fraction of sp³-hybridized carbons (Fsp3) is 0.0909. The lowest BCUT2D eigenvalue weighted by Crippen LogP contribution is -2.11. The molecular formula is C11H9NO3. The van der Waals surface area contributed by atoms with Gasteiger partial charge in [-0.1, -0.05) is 24.3 Å². The number of carboxylic acid groups (broad SMARTS) is 1. The molecule has 0 aliphatic carbocycles. The van der Waals surface area contributed by atoms with E-state index >= 15 is 0 Å². The first-order chi connectivity index (χ1) is 7.20. The van der Waals surface area contributed by atoms with Gasteiger partial charge in [0.2, 0.25) is 0 Å². The lowest BCUT2D eigenvalue weighted by atomic mass is 10.1. The molecule has 0 amide bonds. The van der Waals surface area contributed by atoms with E-state index in [1.54, 1.807) is 24.4 Å². The maximum absolute atomic E-state index is 10.7. The van der Waals surface area contributed by atoms with Crippen molar-refractivity contribution in [1.82, 2.24) is 4.98 Å². The van der Waals surface area contributed by atoms with E-state index in [1.807, 2.05) is 12.1 Å². The summed E-state index contributed by atoms with van der Waals surface area (Å²) in [5, 5.41) is 19.0. The minimum atomic E-state index is -1.52. The van der Waals surface area contributed by atoms with Gasteiger partial charge in [0.05, 0.1) is 5.52 Å². The van der Waals surface area contributed by atoms with Crippen LogP contribution in [0.3, 0.4) is 0 Å². The Morgan fingerprint density at radius 1 is 1.27 bits per heavy atom. The molecule has 0 aliphatic rings. The molecule has 2 aromatic rings. The molecular weight excluding hydrogens is 194 g/mol. The first-order valence-electron chi connectivity index (χ1n) is 4.44. The van der Waals surface area contributed by atoms with Crippen molar-refractivity contribution in [3.63, 3.8) is 0 Å². The van der Waals surface area contributed by atoms with Gasteiger partial charge in [0, 0.05) is 17.1 Å².